The highest BCUT2D eigenvalue weighted by molar-refractivity contribution is 9.10. The molecule has 4 heteroatoms. The van der Waals surface area contributed by atoms with Crippen molar-refractivity contribution in [1.29, 1.82) is 0 Å². The van der Waals surface area contributed by atoms with E-state index in [-0.39, 0.29) is 10.2 Å². The molecular weight excluding hydrogens is 394 g/mol. The Balaban J connectivity index is 2.08. The third-order valence-corrected chi connectivity index (χ3v) is 8.01. The number of nitrogens with zero attached hydrogens (tertiary/aromatic N) is 1. The second-order valence-electron chi connectivity index (χ2n) is 8.95. The monoisotopic (exact) mass is 423 g/mol. The van der Waals surface area contributed by atoms with E-state index in [4.69, 9.17) is 4.40 Å². The molecule has 0 amide bonds. The van der Waals surface area contributed by atoms with Crippen molar-refractivity contribution in [3.8, 4) is 0 Å². The molecule has 0 unspecified atom stereocenters. The Bertz CT molecular complexity index is 681. The van der Waals surface area contributed by atoms with Crippen LogP contribution in [0.5, 0.6) is 0 Å². The fourth-order valence-electron chi connectivity index (χ4n) is 4.49. The van der Waals surface area contributed by atoms with Crippen LogP contribution in [0.3, 0.4) is 0 Å². The van der Waals surface area contributed by atoms with Gasteiger partial charge in [0, 0.05) is 15.5 Å². The Kier molecular flexibility index (Phi) is 5.45. The average molecular weight is 424 g/mol. The maximum Gasteiger partial charge on any atom is 0.144 e. The fraction of sp³-hybridized carbons (Fsp3) is 0.667. The number of rotatable bonds is 2. The summed E-state index contributed by atoms with van der Waals surface area (Å²) in [6.07, 6.45) is 5.86. The Labute approximate surface area is 164 Å². The van der Waals surface area contributed by atoms with Gasteiger partial charge in [0.05, 0.1) is 0 Å². The van der Waals surface area contributed by atoms with Crippen LogP contribution in [0, 0.1) is 17.3 Å². The molecule has 1 saturated carbocycles. The first-order valence-electron chi connectivity index (χ1n) is 9.46. The van der Waals surface area contributed by atoms with E-state index in [0.717, 1.165) is 34.9 Å². The average Bonchev–Trinajstić information content (AvgIpc) is 2.82. The highest BCUT2D eigenvalue weighted by atomic mass is 79.9. The third-order valence-electron chi connectivity index (χ3n) is 6.12. The van der Waals surface area contributed by atoms with E-state index >= 15 is 0 Å². The van der Waals surface area contributed by atoms with Gasteiger partial charge in [0.2, 0.25) is 0 Å². The molecule has 2 aliphatic rings. The summed E-state index contributed by atoms with van der Waals surface area (Å²) in [6, 6.07) is 6.53. The van der Waals surface area contributed by atoms with Crippen molar-refractivity contribution < 1.29 is 4.55 Å². The SMILES string of the molecule is CC[C@@H]1C[C@]2(CC[C@H]1C)Cc1ccc(Br)cc1/C2=N/[S@@+]([O-])C(C)(C)C. The summed E-state index contributed by atoms with van der Waals surface area (Å²) in [5.41, 5.74) is 3.79. The van der Waals surface area contributed by atoms with Crippen LogP contribution >= 0.6 is 15.9 Å². The highest BCUT2D eigenvalue weighted by Crippen LogP contribution is 2.52. The lowest BCUT2D eigenvalue weighted by Gasteiger charge is -2.41. The van der Waals surface area contributed by atoms with Gasteiger partial charge >= 0.3 is 0 Å². The quantitative estimate of drug-likeness (QED) is 0.529. The smallest absolute Gasteiger partial charge is 0.144 e. The molecule has 138 valence electrons. The van der Waals surface area contributed by atoms with Gasteiger partial charge in [-0.15, -0.1) is 0 Å². The summed E-state index contributed by atoms with van der Waals surface area (Å²) in [5, 5.41) is 0. The van der Waals surface area contributed by atoms with Crippen molar-refractivity contribution in [1.82, 2.24) is 0 Å². The first-order chi connectivity index (χ1) is 11.7. The number of halogens is 1. The molecule has 0 aliphatic heterocycles. The normalized spacial score (nSPS) is 32.2. The molecule has 0 heterocycles. The standard InChI is InChI=1S/C21H30BrNOS/c1-6-15-12-21(10-9-14(15)2)13-16-7-8-17(22)11-18(16)19(21)23-25(24)20(3,4)5/h7-8,11,14-15H,6,9-10,12-13H2,1-5H3/b23-19-/t14-,15-,21-,25+/m1/s1. The largest absolute Gasteiger partial charge is 0.591 e. The lowest BCUT2D eigenvalue weighted by molar-refractivity contribution is 0.152. The first kappa shape index (κ1) is 19.4. The second-order valence-corrected chi connectivity index (χ2v) is 11.8. The molecule has 1 spiro atoms. The molecule has 2 nitrogen and oxygen atoms in total. The highest BCUT2D eigenvalue weighted by Gasteiger charge is 2.49. The Morgan fingerprint density at radius 1 is 1.36 bits per heavy atom. The second kappa shape index (κ2) is 7.01. The molecule has 4 atom stereocenters. The van der Waals surface area contributed by atoms with Gasteiger partial charge in [0.25, 0.3) is 0 Å². The lowest BCUT2D eigenvalue weighted by atomic mass is 9.63. The lowest BCUT2D eigenvalue weighted by Crippen LogP contribution is -2.39. The topological polar surface area (TPSA) is 35.4 Å². The van der Waals surface area contributed by atoms with Crippen molar-refractivity contribution >= 4 is 33.0 Å². The maximum absolute atomic E-state index is 12.9. The van der Waals surface area contributed by atoms with E-state index in [1.165, 1.54) is 30.4 Å². The van der Waals surface area contributed by atoms with Crippen molar-refractivity contribution in [3.63, 3.8) is 0 Å². The molecular formula is C21H30BrNOS. The molecule has 25 heavy (non-hydrogen) atoms. The number of hydrogen-bond donors (Lipinski definition) is 0. The molecule has 2 aliphatic carbocycles. The van der Waals surface area contributed by atoms with Crippen LogP contribution in [0.2, 0.25) is 0 Å². The minimum Gasteiger partial charge on any atom is -0.591 e. The molecule has 0 bridgehead atoms. The van der Waals surface area contributed by atoms with Crippen molar-refractivity contribution in [2.45, 2.75) is 71.5 Å². The molecule has 1 aromatic carbocycles. The van der Waals surface area contributed by atoms with Crippen molar-refractivity contribution in [3.05, 3.63) is 33.8 Å². The van der Waals surface area contributed by atoms with E-state index in [1.807, 2.05) is 20.8 Å². The summed E-state index contributed by atoms with van der Waals surface area (Å²) >= 11 is 2.40. The van der Waals surface area contributed by atoms with Gasteiger partial charge in [0.15, 0.2) is 0 Å². The van der Waals surface area contributed by atoms with Crippen LogP contribution in [-0.4, -0.2) is 15.0 Å². The molecule has 0 saturated heterocycles. The van der Waals surface area contributed by atoms with Gasteiger partial charge in [-0.05, 0) is 76.0 Å². The Hall–Kier alpha value is -0.320. The van der Waals surface area contributed by atoms with Gasteiger partial charge in [-0.3, -0.25) is 0 Å². The number of fused-ring (bicyclic) bond motifs is 1. The minimum absolute atomic E-state index is 0.0806. The van der Waals surface area contributed by atoms with Gasteiger partial charge in [-0.2, -0.15) is 0 Å². The summed E-state index contributed by atoms with van der Waals surface area (Å²) in [4.78, 5) is 0. The minimum atomic E-state index is -1.22. The summed E-state index contributed by atoms with van der Waals surface area (Å²) in [7, 11) is 0. The Morgan fingerprint density at radius 3 is 2.72 bits per heavy atom. The van der Waals surface area contributed by atoms with Gasteiger partial charge in [-0.25, -0.2) is 0 Å². The molecule has 0 aromatic heterocycles. The van der Waals surface area contributed by atoms with Gasteiger partial charge in [0.1, 0.15) is 21.8 Å². The molecule has 1 aromatic rings. The van der Waals surface area contributed by atoms with E-state index in [9.17, 15) is 4.55 Å². The van der Waals surface area contributed by atoms with E-state index in [0.29, 0.717) is 0 Å². The zero-order valence-electron chi connectivity index (χ0n) is 16.1. The van der Waals surface area contributed by atoms with E-state index in [1.54, 1.807) is 0 Å². The van der Waals surface area contributed by atoms with Crippen LogP contribution in [0.4, 0.5) is 0 Å². The first-order valence-corrected chi connectivity index (χ1v) is 11.4. The van der Waals surface area contributed by atoms with Crippen LogP contribution in [0.25, 0.3) is 0 Å². The molecule has 3 rings (SSSR count). The maximum atomic E-state index is 12.9. The van der Waals surface area contributed by atoms with Crippen molar-refractivity contribution in [2.75, 3.05) is 0 Å². The number of benzene rings is 1. The van der Waals surface area contributed by atoms with Crippen molar-refractivity contribution in [2.24, 2.45) is 21.6 Å². The third kappa shape index (κ3) is 3.72. The van der Waals surface area contributed by atoms with E-state index < -0.39 is 11.4 Å². The zero-order valence-corrected chi connectivity index (χ0v) is 18.5. The van der Waals surface area contributed by atoms with Crippen LogP contribution in [0.15, 0.2) is 27.1 Å². The van der Waals surface area contributed by atoms with Crippen LogP contribution in [-0.2, 0) is 17.8 Å². The van der Waals surface area contributed by atoms with Gasteiger partial charge < -0.3 is 4.55 Å². The number of hydrogen-bond acceptors (Lipinski definition) is 2. The molecule has 1 fully saturated rings. The van der Waals surface area contributed by atoms with Crippen LogP contribution in [0.1, 0.15) is 71.4 Å². The fourth-order valence-corrected chi connectivity index (χ4v) is 5.58. The summed E-state index contributed by atoms with van der Waals surface area (Å²) < 4.78 is 18.5. The zero-order chi connectivity index (χ0) is 18.4. The van der Waals surface area contributed by atoms with E-state index in [2.05, 4.69) is 48.0 Å². The summed E-state index contributed by atoms with van der Waals surface area (Å²) in [5.74, 6) is 1.51. The molecule has 0 N–H and O–H groups in total. The predicted octanol–water partition coefficient (Wildman–Crippen LogP) is 6.09. The molecule has 0 radical (unpaired) electrons. The Morgan fingerprint density at radius 2 is 2.08 bits per heavy atom. The van der Waals surface area contributed by atoms with Gasteiger partial charge in [-0.1, -0.05) is 46.7 Å². The summed E-state index contributed by atoms with van der Waals surface area (Å²) in [6.45, 7) is 10.7. The predicted molar refractivity (Wildman–Crippen MR) is 112 cm³/mol. The van der Waals surface area contributed by atoms with Crippen LogP contribution < -0.4 is 0 Å².